The van der Waals surface area contributed by atoms with Gasteiger partial charge in [-0.1, -0.05) is 18.2 Å². The summed E-state index contributed by atoms with van der Waals surface area (Å²) >= 11 is 3.34. The Kier molecular flexibility index (Phi) is 5.78. The number of para-hydroxylation sites is 1. The highest BCUT2D eigenvalue weighted by Gasteiger charge is 2.49. The molecule has 2 aromatic rings. The first-order valence-corrected chi connectivity index (χ1v) is 9.50. The lowest BCUT2D eigenvalue weighted by Crippen LogP contribution is -2.42. The summed E-state index contributed by atoms with van der Waals surface area (Å²) in [7, 11) is 2.99. The third-order valence-electron chi connectivity index (χ3n) is 4.69. The Bertz CT molecular complexity index is 980. The van der Waals surface area contributed by atoms with Gasteiger partial charge in [0.2, 0.25) is 5.91 Å². The Balaban J connectivity index is 1.80. The quantitative estimate of drug-likeness (QED) is 0.644. The Labute approximate surface area is 176 Å². The second kappa shape index (κ2) is 8.12. The van der Waals surface area contributed by atoms with E-state index >= 15 is 0 Å². The van der Waals surface area contributed by atoms with Gasteiger partial charge in [-0.05, 0) is 52.7 Å². The third kappa shape index (κ3) is 3.91. The molecule has 152 valence electrons. The topological polar surface area (TPSA) is 97.0 Å². The molecule has 2 aromatic carbocycles. The van der Waals surface area contributed by atoms with Crippen LogP contribution in [0.4, 0.5) is 10.5 Å². The summed E-state index contributed by atoms with van der Waals surface area (Å²) in [4.78, 5) is 38.8. The number of halogens is 1. The standard InChI is InChI=1S/C20H20BrN3O5/c1-20(12-8-9-15(28-2)16(10-12)29-3)18(26)24(19(27)23-20)11-17(25)22-14-7-5-4-6-13(14)21/h4-10H,11H2,1-3H3,(H,22,25)(H,23,27). The van der Waals surface area contributed by atoms with Gasteiger partial charge in [0.1, 0.15) is 12.1 Å². The molecule has 1 unspecified atom stereocenters. The number of amides is 4. The molecule has 2 N–H and O–H groups in total. The smallest absolute Gasteiger partial charge is 0.325 e. The summed E-state index contributed by atoms with van der Waals surface area (Å²) in [5, 5.41) is 5.35. The molecule has 0 bridgehead atoms. The van der Waals surface area contributed by atoms with E-state index in [2.05, 4.69) is 26.6 Å². The van der Waals surface area contributed by atoms with E-state index in [1.54, 1.807) is 43.3 Å². The number of nitrogens with one attached hydrogen (secondary N) is 2. The summed E-state index contributed by atoms with van der Waals surface area (Å²) < 4.78 is 11.2. The molecular formula is C20H20BrN3O5. The molecule has 1 aliphatic heterocycles. The van der Waals surface area contributed by atoms with E-state index in [1.807, 2.05) is 6.07 Å². The Morgan fingerprint density at radius 2 is 1.83 bits per heavy atom. The van der Waals surface area contributed by atoms with Crippen molar-refractivity contribution in [2.24, 2.45) is 0 Å². The zero-order valence-corrected chi connectivity index (χ0v) is 17.7. The molecule has 0 radical (unpaired) electrons. The van der Waals surface area contributed by atoms with E-state index in [0.29, 0.717) is 27.2 Å². The molecule has 0 aliphatic carbocycles. The fourth-order valence-electron chi connectivity index (χ4n) is 3.08. The first-order valence-electron chi connectivity index (χ1n) is 8.71. The highest BCUT2D eigenvalue weighted by molar-refractivity contribution is 9.10. The minimum Gasteiger partial charge on any atom is -0.493 e. The van der Waals surface area contributed by atoms with Gasteiger partial charge in [-0.2, -0.15) is 0 Å². The predicted octanol–water partition coefficient (Wildman–Crippen LogP) is 2.87. The number of hydrogen-bond donors (Lipinski definition) is 2. The third-order valence-corrected chi connectivity index (χ3v) is 5.38. The van der Waals surface area contributed by atoms with Gasteiger partial charge in [-0.3, -0.25) is 14.5 Å². The fourth-order valence-corrected chi connectivity index (χ4v) is 3.46. The molecule has 1 atom stereocenters. The van der Waals surface area contributed by atoms with E-state index in [9.17, 15) is 14.4 Å². The molecule has 3 rings (SSSR count). The molecule has 0 saturated carbocycles. The maximum absolute atomic E-state index is 13.0. The van der Waals surface area contributed by atoms with Crippen LogP contribution in [0.15, 0.2) is 46.9 Å². The molecular weight excluding hydrogens is 442 g/mol. The second-order valence-electron chi connectivity index (χ2n) is 6.54. The zero-order valence-electron chi connectivity index (χ0n) is 16.1. The van der Waals surface area contributed by atoms with Crippen LogP contribution in [0.3, 0.4) is 0 Å². The number of urea groups is 1. The van der Waals surface area contributed by atoms with E-state index in [-0.39, 0.29) is 0 Å². The number of nitrogens with zero attached hydrogens (tertiary/aromatic N) is 1. The van der Waals surface area contributed by atoms with Crippen molar-refractivity contribution in [2.45, 2.75) is 12.5 Å². The molecule has 1 saturated heterocycles. The average molecular weight is 462 g/mol. The van der Waals surface area contributed by atoms with Crippen LogP contribution in [-0.4, -0.2) is 43.5 Å². The predicted molar refractivity (Wildman–Crippen MR) is 110 cm³/mol. The summed E-state index contributed by atoms with van der Waals surface area (Å²) in [6, 6.07) is 11.4. The molecule has 29 heavy (non-hydrogen) atoms. The Morgan fingerprint density at radius 1 is 1.14 bits per heavy atom. The van der Waals surface area contributed by atoms with Gasteiger partial charge in [0.15, 0.2) is 11.5 Å². The number of carbonyl (C=O) groups is 3. The fraction of sp³-hybridized carbons (Fsp3) is 0.250. The summed E-state index contributed by atoms with van der Waals surface area (Å²) in [5.74, 6) is -0.0892. The lowest BCUT2D eigenvalue weighted by molar-refractivity contribution is -0.133. The van der Waals surface area contributed by atoms with Crippen molar-refractivity contribution in [2.75, 3.05) is 26.1 Å². The maximum Gasteiger partial charge on any atom is 0.325 e. The van der Waals surface area contributed by atoms with Gasteiger partial charge < -0.3 is 20.1 Å². The number of benzene rings is 2. The monoisotopic (exact) mass is 461 g/mol. The van der Waals surface area contributed by atoms with Crippen LogP contribution < -0.4 is 20.1 Å². The molecule has 4 amide bonds. The largest absolute Gasteiger partial charge is 0.493 e. The average Bonchev–Trinajstić information content (AvgIpc) is 2.93. The van der Waals surface area contributed by atoms with Crippen LogP contribution in [0.5, 0.6) is 11.5 Å². The normalized spacial score (nSPS) is 18.4. The van der Waals surface area contributed by atoms with Gasteiger partial charge in [-0.25, -0.2) is 4.79 Å². The summed E-state index contributed by atoms with van der Waals surface area (Å²) in [6.45, 7) is 1.18. The van der Waals surface area contributed by atoms with Crippen molar-refractivity contribution in [1.82, 2.24) is 10.2 Å². The highest BCUT2D eigenvalue weighted by atomic mass is 79.9. The number of methoxy groups -OCH3 is 2. The van der Waals surface area contributed by atoms with E-state index in [4.69, 9.17) is 9.47 Å². The molecule has 8 nitrogen and oxygen atoms in total. The minimum absolute atomic E-state index is 0.408. The van der Waals surface area contributed by atoms with Crippen molar-refractivity contribution in [3.8, 4) is 11.5 Å². The van der Waals surface area contributed by atoms with Gasteiger partial charge in [-0.15, -0.1) is 0 Å². The zero-order chi connectivity index (χ0) is 21.2. The van der Waals surface area contributed by atoms with Crippen LogP contribution in [-0.2, 0) is 15.1 Å². The summed E-state index contributed by atoms with van der Waals surface area (Å²) in [5.41, 5.74) is -0.265. The number of ether oxygens (including phenoxy) is 2. The molecule has 0 spiro atoms. The van der Waals surface area contributed by atoms with Crippen molar-refractivity contribution >= 4 is 39.5 Å². The SMILES string of the molecule is COc1ccc(C2(C)NC(=O)N(CC(=O)Nc3ccccc3Br)C2=O)cc1OC. The molecule has 1 aliphatic rings. The summed E-state index contributed by atoms with van der Waals surface area (Å²) in [6.07, 6.45) is 0. The van der Waals surface area contributed by atoms with Crippen LogP contribution in [0.1, 0.15) is 12.5 Å². The van der Waals surface area contributed by atoms with Crippen molar-refractivity contribution in [3.05, 3.63) is 52.5 Å². The van der Waals surface area contributed by atoms with Crippen LogP contribution in [0.25, 0.3) is 0 Å². The van der Waals surface area contributed by atoms with Gasteiger partial charge in [0, 0.05) is 4.47 Å². The van der Waals surface area contributed by atoms with Crippen molar-refractivity contribution in [3.63, 3.8) is 0 Å². The van der Waals surface area contributed by atoms with Crippen molar-refractivity contribution in [1.29, 1.82) is 0 Å². The van der Waals surface area contributed by atoms with Gasteiger partial charge >= 0.3 is 6.03 Å². The van der Waals surface area contributed by atoms with Crippen LogP contribution >= 0.6 is 15.9 Å². The molecule has 0 aromatic heterocycles. The maximum atomic E-state index is 13.0. The lowest BCUT2D eigenvalue weighted by Gasteiger charge is -2.23. The molecule has 1 fully saturated rings. The highest BCUT2D eigenvalue weighted by Crippen LogP contribution is 2.35. The van der Waals surface area contributed by atoms with E-state index in [1.165, 1.54) is 14.2 Å². The lowest BCUT2D eigenvalue weighted by atomic mass is 9.91. The van der Waals surface area contributed by atoms with Gasteiger partial charge in [0.05, 0.1) is 19.9 Å². The van der Waals surface area contributed by atoms with E-state index < -0.39 is 29.9 Å². The first-order chi connectivity index (χ1) is 13.8. The van der Waals surface area contributed by atoms with Crippen LogP contribution in [0.2, 0.25) is 0 Å². The number of hydrogen-bond acceptors (Lipinski definition) is 5. The van der Waals surface area contributed by atoms with Crippen LogP contribution in [0, 0.1) is 0 Å². The number of anilines is 1. The minimum atomic E-state index is -1.33. The van der Waals surface area contributed by atoms with Crippen molar-refractivity contribution < 1.29 is 23.9 Å². The second-order valence-corrected chi connectivity index (χ2v) is 7.40. The Morgan fingerprint density at radius 3 is 2.48 bits per heavy atom. The number of imide groups is 1. The number of carbonyl (C=O) groups excluding carboxylic acids is 3. The van der Waals surface area contributed by atoms with Gasteiger partial charge in [0.25, 0.3) is 5.91 Å². The van der Waals surface area contributed by atoms with E-state index in [0.717, 1.165) is 4.90 Å². The molecule has 9 heteroatoms. The first kappa shape index (κ1) is 20.7. The molecule has 1 heterocycles. The number of rotatable bonds is 6. The Hall–Kier alpha value is -3.07.